The number of nitrogens with one attached hydrogen (secondary N) is 1. The molecule has 0 atom stereocenters. The molecule has 1 N–H and O–H groups in total. The van der Waals surface area contributed by atoms with Gasteiger partial charge in [0.05, 0.1) is 0 Å². The van der Waals surface area contributed by atoms with E-state index in [1.165, 1.54) is 17.6 Å². The number of rotatable bonds is 5. The second kappa shape index (κ2) is 8.19. The van der Waals surface area contributed by atoms with E-state index in [2.05, 4.69) is 10.3 Å². The average Bonchev–Trinajstić information content (AvgIpc) is 2.65. The van der Waals surface area contributed by atoms with Crippen LogP contribution in [-0.2, 0) is 11.3 Å². The Balaban J connectivity index is 1.87. The number of benzene rings is 2. The van der Waals surface area contributed by atoms with Crippen LogP contribution in [0.25, 0.3) is 11.4 Å². The highest BCUT2D eigenvalue weighted by Gasteiger charge is 2.13. The van der Waals surface area contributed by atoms with Gasteiger partial charge in [-0.1, -0.05) is 11.6 Å². The molecule has 0 saturated heterocycles. The Morgan fingerprint density at radius 1 is 1.07 bits per heavy atom. The number of halogens is 1. The van der Waals surface area contributed by atoms with E-state index in [1.54, 1.807) is 55.5 Å². The molecule has 0 bridgehead atoms. The van der Waals surface area contributed by atoms with Gasteiger partial charge in [-0.15, -0.1) is 0 Å². The number of carbonyl (C=O) groups excluding carboxylic acids is 2. The minimum absolute atomic E-state index is 0.0530. The lowest BCUT2D eigenvalue weighted by Crippen LogP contribution is -2.29. The van der Waals surface area contributed by atoms with Gasteiger partial charge < -0.3 is 5.32 Å². The first-order chi connectivity index (χ1) is 13.3. The molecule has 2 aromatic carbocycles. The SMILES string of the molecule is CC(=O)c1ccc(NC(=O)Cn2c(-c3ccc(Cl)cc3)nc(C)cc2=O)cc1. The summed E-state index contributed by atoms with van der Waals surface area (Å²) >= 11 is 5.93. The first-order valence-corrected chi connectivity index (χ1v) is 8.96. The van der Waals surface area contributed by atoms with Crippen LogP contribution in [0.15, 0.2) is 59.4 Å². The Kier molecular flexibility index (Phi) is 5.70. The van der Waals surface area contributed by atoms with Gasteiger partial charge in [0.2, 0.25) is 5.91 Å². The molecule has 28 heavy (non-hydrogen) atoms. The van der Waals surface area contributed by atoms with Crippen molar-refractivity contribution in [3.8, 4) is 11.4 Å². The Morgan fingerprint density at radius 2 is 1.71 bits per heavy atom. The highest BCUT2D eigenvalue weighted by Crippen LogP contribution is 2.19. The first kappa shape index (κ1) is 19.5. The smallest absolute Gasteiger partial charge is 0.254 e. The molecule has 6 nitrogen and oxygen atoms in total. The van der Waals surface area contributed by atoms with Crippen molar-refractivity contribution in [3.05, 3.63) is 81.2 Å². The zero-order chi connectivity index (χ0) is 20.3. The van der Waals surface area contributed by atoms with Gasteiger partial charge >= 0.3 is 0 Å². The number of amides is 1. The van der Waals surface area contributed by atoms with Gasteiger partial charge in [-0.25, -0.2) is 4.98 Å². The van der Waals surface area contributed by atoms with Crippen LogP contribution in [0, 0.1) is 6.92 Å². The molecule has 1 heterocycles. The fourth-order valence-corrected chi connectivity index (χ4v) is 2.85. The molecule has 3 aromatic rings. The summed E-state index contributed by atoms with van der Waals surface area (Å²) in [6, 6.07) is 14.8. The number of nitrogens with zero attached hydrogens (tertiary/aromatic N) is 2. The third kappa shape index (κ3) is 4.53. The molecule has 142 valence electrons. The number of ketones is 1. The van der Waals surface area contributed by atoms with E-state index < -0.39 is 0 Å². The van der Waals surface area contributed by atoms with E-state index >= 15 is 0 Å². The minimum atomic E-state index is -0.376. The Labute approximate surface area is 166 Å². The van der Waals surface area contributed by atoms with E-state index in [0.29, 0.717) is 33.4 Å². The molecule has 3 rings (SSSR count). The fraction of sp³-hybridized carbons (Fsp3) is 0.143. The molecule has 0 aliphatic rings. The largest absolute Gasteiger partial charge is 0.325 e. The molecule has 0 aliphatic carbocycles. The van der Waals surface area contributed by atoms with Crippen molar-refractivity contribution in [2.45, 2.75) is 20.4 Å². The zero-order valence-electron chi connectivity index (χ0n) is 15.4. The molecule has 0 unspecified atom stereocenters. The molecule has 0 aliphatic heterocycles. The lowest BCUT2D eigenvalue weighted by Gasteiger charge is -2.13. The summed E-state index contributed by atoms with van der Waals surface area (Å²) in [5.41, 5.74) is 2.02. The topological polar surface area (TPSA) is 81.1 Å². The van der Waals surface area contributed by atoms with Crippen molar-refractivity contribution in [2.75, 3.05) is 5.32 Å². The number of hydrogen-bond acceptors (Lipinski definition) is 4. The van der Waals surface area contributed by atoms with Crippen molar-refractivity contribution in [1.82, 2.24) is 9.55 Å². The van der Waals surface area contributed by atoms with Gasteiger partial charge in [-0.05, 0) is 62.4 Å². The van der Waals surface area contributed by atoms with Crippen LogP contribution in [-0.4, -0.2) is 21.2 Å². The monoisotopic (exact) mass is 395 g/mol. The number of Topliss-reactive ketones (excluding diaryl/α,β-unsaturated/α-hetero) is 1. The van der Waals surface area contributed by atoms with Crippen LogP contribution in [0.3, 0.4) is 0 Å². The van der Waals surface area contributed by atoms with Crippen molar-refractivity contribution in [3.63, 3.8) is 0 Å². The van der Waals surface area contributed by atoms with Crippen molar-refractivity contribution < 1.29 is 9.59 Å². The number of aromatic nitrogens is 2. The quantitative estimate of drug-likeness (QED) is 0.667. The average molecular weight is 396 g/mol. The van der Waals surface area contributed by atoms with Crippen LogP contribution in [0.2, 0.25) is 5.02 Å². The van der Waals surface area contributed by atoms with Crippen molar-refractivity contribution >= 4 is 29.0 Å². The molecule has 1 amide bonds. The molecular formula is C21H18ClN3O3. The number of aryl methyl sites for hydroxylation is 1. The fourth-order valence-electron chi connectivity index (χ4n) is 2.73. The molecule has 1 aromatic heterocycles. The van der Waals surface area contributed by atoms with Crippen LogP contribution >= 0.6 is 11.6 Å². The normalized spacial score (nSPS) is 10.5. The zero-order valence-corrected chi connectivity index (χ0v) is 16.2. The van der Waals surface area contributed by atoms with E-state index in [4.69, 9.17) is 11.6 Å². The predicted molar refractivity (Wildman–Crippen MR) is 109 cm³/mol. The summed E-state index contributed by atoms with van der Waals surface area (Å²) in [4.78, 5) is 40.7. The van der Waals surface area contributed by atoms with Gasteiger partial charge in [0.15, 0.2) is 5.78 Å². The number of carbonyl (C=O) groups is 2. The van der Waals surface area contributed by atoms with Crippen LogP contribution in [0.1, 0.15) is 23.0 Å². The molecule has 0 saturated carbocycles. The molecule has 7 heteroatoms. The summed E-state index contributed by atoms with van der Waals surface area (Å²) in [5.74, 6) is -0.0370. The third-order valence-corrected chi connectivity index (χ3v) is 4.37. The van der Waals surface area contributed by atoms with E-state index in [-0.39, 0.29) is 23.8 Å². The maximum absolute atomic E-state index is 12.5. The Morgan fingerprint density at radius 3 is 2.32 bits per heavy atom. The van der Waals surface area contributed by atoms with E-state index in [9.17, 15) is 14.4 Å². The maximum atomic E-state index is 12.5. The Bertz CT molecular complexity index is 1090. The van der Waals surface area contributed by atoms with Gasteiger partial charge in [0.25, 0.3) is 5.56 Å². The third-order valence-electron chi connectivity index (χ3n) is 4.12. The highest BCUT2D eigenvalue weighted by atomic mass is 35.5. The number of hydrogen-bond donors (Lipinski definition) is 1. The van der Waals surface area contributed by atoms with Gasteiger partial charge in [-0.2, -0.15) is 0 Å². The Hall–Kier alpha value is -3.25. The molecule has 0 radical (unpaired) electrons. The maximum Gasteiger partial charge on any atom is 0.254 e. The summed E-state index contributed by atoms with van der Waals surface area (Å²) in [6.45, 7) is 3.00. The summed E-state index contributed by atoms with van der Waals surface area (Å²) < 4.78 is 1.31. The first-order valence-electron chi connectivity index (χ1n) is 8.59. The van der Waals surface area contributed by atoms with E-state index in [1.807, 2.05) is 0 Å². The predicted octanol–water partition coefficient (Wildman–Crippen LogP) is 3.71. The van der Waals surface area contributed by atoms with Crippen LogP contribution < -0.4 is 10.9 Å². The standard InChI is InChI=1S/C21H18ClN3O3/c1-13-11-20(28)25(21(23-13)16-3-7-17(22)8-4-16)12-19(27)24-18-9-5-15(6-10-18)14(2)26/h3-11H,12H2,1-2H3,(H,24,27). The number of anilines is 1. The van der Waals surface area contributed by atoms with Crippen LogP contribution in [0.4, 0.5) is 5.69 Å². The summed E-state index contributed by atoms with van der Waals surface area (Å²) in [7, 11) is 0. The highest BCUT2D eigenvalue weighted by molar-refractivity contribution is 6.30. The molecule has 0 spiro atoms. The minimum Gasteiger partial charge on any atom is -0.325 e. The van der Waals surface area contributed by atoms with Crippen LogP contribution in [0.5, 0.6) is 0 Å². The second-order valence-electron chi connectivity index (χ2n) is 6.33. The summed E-state index contributed by atoms with van der Waals surface area (Å²) in [6.07, 6.45) is 0. The van der Waals surface area contributed by atoms with Crippen molar-refractivity contribution in [1.29, 1.82) is 0 Å². The lowest BCUT2D eigenvalue weighted by molar-refractivity contribution is -0.116. The molecular weight excluding hydrogens is 378 g/mol. The van der Waals surface area contributed by atoms with Gasteiger partial charge in [0.1, 0.15) is 12.4 Å². The summed E-state index contributed by atoms with van der Waals surface area (Å²) in [5, 5.41) is 3.29. The van der Waals surface area contributed by atoms with E-state index in [0.717, 1.165) is 0 Å². The van der Waals surface area contributed by atoms with Gasteiger partial charge in [0, 0.05) is 33.6 Å². The lowest BCUT2D eigenvalue weighted by atomic mass is 10.1. The second-order valence-corrected chi connectivity index (χ2v) is 6.77. The van der Waals surface area contributed by atoms with Gasteiger partial charge in [-0.3, -0.25) is 19.0 Å². The molecule has 0 fully saturated rings. The van der Waals surface area contributed by atoms with Crippen molar-refractivity contribution in [2.24, 2.45) is 0 Å².